The van der Waals surface area contributed by atoms with Crippen LogP contribution in [0.2, 0.25) is 0 Å². The summed E-state index contributed by atoms with van der Waals surface area (Å²) in [6.07, 6.45) is 0. The summed E-state index contributed by atoms with van der Waals surface area (Å²) in [5.41, 5.74) is 0.463. The molecule has 0 saturated heterocycles. The Labute approximate surface area is 129 Å². The van der Waals surface area contributed by atoms with E-state index < -0.39 is 0 Å². The van der Waals surface area contributed by atoms with Crippen molar-refractivity contribution < 1.29 is 13.9 Å². The van der Waals surface area contributed by atoms with Crippen molar-refractivity contribution in [1.29, 1.82) is 5.26 Å². The van der Waals surface area contributed by atoms with E-state index in [0.29, 0.717) is 17.1 Å². The molecule has 2 aromatic rings. The van der Waals surface area contributed by atoms with Crippen molar-refractivity contribution in [3.63, 3.8) is 0 Å². The Bertz CT molecular complexity index is 698. The third-order valence-corrected chi connectivity index (χ3v) is 3.34. The van der Waals surface area contributed by atoms with Crippen molar-refractivity contribution in [2.45, 2.75) is 26.5 Å². The molecule has 5 heteroatoms. The first kappa shape index (κ1) is 15.6. The molecule has 0 unspecified atom stereocenters. The molecule has 22 heavy (non-hydrogen) atoms. The average molecular weight is 298 g/mol. The fraction of sp³-hybridized carbons (Fsp3) is 0.294. The maximum absolute atomic E-state index is 12.1. The van der Waals surface area contributed by atoms with E-state index >= 15 is 0 Å². The van der Waals surface area contributed by atoms with Crippen LogP contribution in [-0.2, 0) is 6.61 Å². The third-order valence-electron chi connectivity index (χ3n) is 3.34. The van der Waals surface area contributed by atoms with Gasteiger partial charge in [0.05, 0.1) is 5.56 Å². The van der Waals surface area contributed by atoms with Crippen LogP contribution < -0.4 is 4.74 Å². The van der Waals surface area contributed by atoms with Crippen molar-refractivity contribution in [1.82, 2.24) is 4.90 Å². The van der Waals surface area contributed by atoms with E-state index in [2.05, 4.69) is 6.07 Å². The second kappa shape index (κ2) is 6.81. The molecule has 1 amide bonds. The summed E-state index contributed by atoms with van der Waals surface area (Å²) in [7, 11) is 1.73. The van der Waals surface area contributed by atoms with Crippen LogP contribution in [0.15, 0.2) is 40.8 Å². The number of furan rings is 1. The van der Waals surface area contributed by atoms with E-state index in [1.165, 1.54) is 0 Å². The topological polar surface area (TPSA) is 66.5 Å². The zero-order valence-corrected chi connectivity index (χ0v) is 12.9. The molecule has 0 bridgehead atoms. The lowest BCUT2D eigenvalue weighted by molar-refractivity contribution is 0.0718. The Morgan fingerprint density at radius 2 is 2.05 bits per heavy atom. The summed E-state index contributed by atoms with van der Waals surface area (Å²) in [5, 5.41) is 9.00. The van der Waals surface area contributed by atoms with Crippen molar-refractivity contribution in [2.24, 2.45) is 0 Å². The molecule has 0 saturated carbocycles. The molecule has 1 aromatic carbocycles. The van der Waals surface area contributed by atoms with Gasteiger partial charge >= 0.3 is 0 Å². The fourth-order valence-corrected chi connectivity index (χ4v) is 1.81. The smallest absolute Gasteiger partial charge is 0.289 e. The Balaban J connectivity index is 2.04. The Kier molecular flexibility index (Phi) is 4.84. The van der Waals surface area contributed by atoms with E-state index in [9.17, 15) is 4.79 Å². The zero-order chi connectivity index (χ0) is 16.1. The average Bonchev–Trinajstić information content (AvgIpc) is 3.00. The summed E-state index contributed by atoms with van der Waals surface area (Å²) in [6.45, 7) is 4.03. The van der Waals surface area contributed by atoms with E-state index in [1.807, 2.05) is 13.8 Å². The van der Waals surface area contributed by atoms with Crippen molar-refractivity contribution in [3.8, 4) is 11.8 Å². The van der Waals surface area contributed by atoms with Crippen LogP contribution in [0.25, 0.3) is 0 Å². The minimum absolute atomic E-state index is 0.0970. The summed E-state index contributed by atoms with van der Waals surface area (Å²) in [6, 6.07) is 12.5. The van der Waals surface area contributed by atoms with Crippen LogP contribution in [0, 0.1) is 11.3 Å². The number of hydrogen-bond acceptors (Lipinski definition) is 4. The van der Waals surface area contributed by atoms with Gasteiger partial charge in [0, 0.05) is 13.1 Å². The van der Waals surface area contributed by atoms with Gasteiger partial charge in [-0.05, 0) is 38.1 Å². The lowest BCUT2D eigenvalue weighted by Crippen LogP contribution is -2.32. The SMILES string of the molecule is CC(C)N(C)C(=O)c1ccc(COc2ccccc2C#N)o1. The Morgan fingerprint density at radius 3 is 2.73 bits per heavy atom. The first-order valence-electron chi connectivity index (χ1n) is 7.00. The summed E-state index contributed by atoms with van der Waals surface area (Å²) < 4.78 is 11.1. The van der Waals surface area contributed by atoms with Gasteiger partial charge in [0.1, 0.15) is 24.2 Å². The van der Waals surface area contributed by atoms with Crippen LogP contribution in [0.3, 0.4) is 0 Å². The molecule has 0 atom stereocenters. The molecule has 0 aliphatic rings. The van der Waals surface area contributed by atoms with E-state index in [-0.39, 0.29) is 24.3 Å². The lowest BCUT2D eigenvalue weighted by atomic mass is 10.2. The van der Waals surface area contributed by atoms with Crippen LogP contribution in [-0.4, -0.2) is 23.9 Å². The molecular formula is C17H18N2O3. The largest absolute Gasteiger partial charge is 0.484 e. The first-order valence-corrected chi connectivity index (χ1v) is 7.00. The minimum atomic E-state index is -0.168. The van der Waals surface area contributed by atoms with Gasteiger partial charge < -0.3 is 14.1 Å². The van der Waals surface area contributed by atoms with Gasteiger partial charge in [0.2, 0.25) is 0 Å². The van der Waals surface area contributed by atoms with Gasteiger partial charge in [-0.15, -0.1) is 0 Å². The number of amides is 1. The highest BCUT2D eigenvalue weighted by atomic mass is 16.5. The molecule has 0 aliphatic carbocycles. The number of nitrogens with zero attached hydrogens (tertiary/aromatic N) is 2. The summed E-state index contributed by atoms with van der Waals surface area (Å²) in [5.74, 6) is 1.14. The number of rotatable bonds is 5. The molecule has 0 N–H and O–H groups in total. The Morgan fingerprint density at radius 1 is 1.32 bits per heavy atom. The lowest BCUT2D eigenvalue weighted by Gasteiger charge is -2.19. The van der Waals surface area contributed by atoms with Crippen molar-refractivity contribution in [2.75, 3.05) is 7.05 Å². The zero-order valence-electron chi connectivity index (χ0n) is 12.9. The normalized spacial score (nSPS) is 10.3. The quantitative estimate of drug-likeness (QED) is 0.850. The second-order valence-corrected chi connectivity index (χ2v) is 5.17. The molecule has 0 aliphatic heterocycles. The van der Waals surface area contributed by atoms with Crippen LogP contribution in [0.5, 0.6) is 5.75 Å². The number of para-hydroxylation sites is 1. The van der Waals surface area contributed by atoms with Gasteiger partial charge in [-0.1, -0.05) is 12.1 Å². The number of nitriles is 1. The summed E-state index contributed by atoms with van der Waals surface area (Å²) in [4.78, 5) is 13.7. The van der Waals surface area contributed by atoms with Crippen molar-refractivity contribution >= 4 is 5.91 Å². The standard InChI is InChI=1S/C17H18N2O3/c1-12(2)19(3)17(20)16-9-8-14(22-16)11-21-15-7-5-4-6-13(15)10-18/h4-9,12H,11H2,1-3H3. The maximum Gasteiger partial charge on any atom is 0.289 e. The molecule has 0 fully saturated rings. The van der Waals surface area contributed by atoms with Gasteiger partial charge in [-0.2, -0.15) is 5.26 Å². The summed E-state index contributed by atoms with van der Waals surface area (Å²) >= 11 is 0. The van der Waals surface area contributed by atoms with E-state index in [4.69, 9.17) is 14.4 Å². The van der Waals surface area contributed by atoms with Gasteiger partial charge in [-0.25, -0.2) is 0 Å². The van der Waals surface area contributed by atoms with Crippen LogP contribution >= 0.6 is 0 Å². The highest BCUT2D eigenvalue weighted by molar-refractivity contribution is 5.91. The predicted molar refractivity (Wildman–Crippen MR) is 81.4 cm³/mol. The Hall–Kier alpha value is -2.74. The molecule has 114 valence electrons. The molecule has 5 nitrogen and oxygen atoms in total. The number of benzene rings is 1. The first-order chi connectivity index (χ1) is 10.5. The van der Waals surface area contributed by atoms with Gasteiger partial charge in [0.25, 0.3) is 5.91 Å². The molecule has 1 heterocycles. The number of hydrogen-bond donors (Lipinski definition) is 0. The molecule has 1 aromatic heterocycles. The van der Waals surface area contributed by atoms with Gasteiger partial charge in [-0.3, -0.25) is 4.79 Å². The molecular weight excluding hydrogens is 280 g/mol. The van der Waals surface area contributed by atoms with Gasteiger partial charge in [0.15, 0.2) is 5.76 Å². The highest BCUT2D eigenvalue weighted by Crippen LogP contribution is 2.19. The van der Waals surface area contributed by atoms with Crippen molar-refractivity contribution in [3.05, 3.63) is 53.5 Å². The third kappa shape index (κ3) is 3.47. The maximum atomic E-state index is 12.1. The molecule has 0 spiro atoms. The highest BCUT2D eigenvalue weighted by Gasteiger charge is 2.18. The van der Waals surface area contributed by atoms with E-state index in [0.717, 1.165) is 0 Å². The van der Waals surface area contributed by atoms with Crippen LogP contribution in [0.4, 0.5) is 0 Å². The monoisotopic (exact) mass is 298 g/mol. The molecule has 0 radical (unpaired) electrons. The van der Waals surface area contributed by atoms with E-state index in [1.54, 1.807) is 48.3 Å². The number of carbonyl (C=O) groups is 1. The van der Waals surface area contributed by atoms with Crippen LogP contribution in [0.1, 0.15) is 35.7 Å². The second-order valence-electron chi connectivity index (χ2n) is 5.17. The fourth-order valence-electron chi connectivity index (χ4n) is 1.81. The number of carbonyl (C=O) groups excluding carboxylic acids is 1. The predicted octanol–water partition coefficient (Wildman–Crippen LogP) is 3.21. The molecule has 2 rings (SSSR count). The number of ether oxygens (including phenoxy) is 1. The minimum Gasteiger partial charge on any atom is -0.484 e.